The molecule has 3 atom stereocenters. The molecule has 0 saturated heterocycles. The SMILES string of the molecule is CCCC1CCC(Cl)C(Cc2ccc(OC)c(F)c2)C1. The summed E-state index contributed by atoms with van der Waals surface area (Å²) in [5.74, 6) is 1.29. The number of hydrogen-bond donors (Lipinski definition) is 0. The third-order valence-corrected chi connectivity index (χ3v) is 4.98. The van der Waals surface area contributed by atoms with Gasteiger partial charge in [-0.2, -0.15) is 0 Å². The predicted octanol–water partition coefficient (Wildman–Crippen LogP) is 5.20. The van der Waals surface area contributed by atoms with Crippen molar-refractivity contribution in [1.82, 2.24) is 0 Å². The molecule has 1 nitrogen and oxygen atoms in total. The van der Waals surface area contributed by atoms with Crippen molar-refractivity contribution < 1.29 is 9.13 Å². The van der Waals surface area contributed by atoms with E-state index in [-0.39, 0.29) is 11.2 Å². The molecular formula is C17H24ClFO. The molecule has 0 N–H and O–H groups in total. The average molecular weight is 299 g/mol. The minimum atomic E-state index is -0.281. The molecule has 3 unspecified atom stereocenters. The first-order valence-electron chi connectivity index (χ1n) is 7.60. The van der Waals surface area contributed by atoms with Gasteiger partial charge in [-0.25, -0.2) is 4.39 Å². The van der Waals surface area contributed by atoms with Gasteiger partial charge in [-0.05, 0) is 55.2 Å². The van der Waals surface area contributed by atoms with Gasteiger partial charge in [0.15, 0.2) is 11.6 Å². The Morgan fingerprint density at radius 1 is 1.35 bits per heavy atom. The number of alkyl halides is 1. The third-order valence-electron chi connectivity index (χ3n) is 4.41. The molecule has 0 heterocycles. The topological polar surface area (TPSA) is 9.23 Å². The summed E-state index contributed by atoms with van der Waals surface area (Å²) in [6, 6.07) is 5.25. The molecule has 1 aromatic rings. The standard InChI is InChI=1S/C17H24ClFO/c1-3-4-12-5-7-15(18)14(9-12)10-13-6-8-17(20-2)16(19)11-13/h6,8,11-12,14-15H,3-5,7,9-10H2,1-2H3. The summed E-state index contributed by atoms with van der Waals surface area (Å²) in [4.78, 5) is 0. The maximum absolute atomic E-state index is 13.7. The van der Waals surface area contributed by atoms with Crippen LogP contribution in [0.25, 0.3) is 0 Å². The van der Waals surface area contributed by atoms with E-state index in [1.807, 2.05) is 6.07 Å². The van der Waals surface area contributed by atoms with Crippen LogP contribution in [0.4, 0.5) is 4.39 Å². The number of benzene rings is 1. The van der Waals surface area contributed by atoms with Crippen LogP contribution in [0.3, 0.4) is 0 Å². The van der Waals surface area contributed by atoms with Gasteiger partial charge in [-0.3, -0.25) is 0 Å². The lowest BCUT2D eigenvalue weighted by Gasteiger charge is -2.33. The first-order chi connectivity index (χ1) is 9.63. The number of rotatable bonds is 5. The second kappa shape index (κ2) is 7.31. The highest BCUT2D eigenvalue weighted by molar-refractivity contribution is 6.20. The summed E-state index contributed by atoms with van der Waals surface area (Å²) in [6.45, 7) is 2.24. The Labute approximate surface area is 126 Å². The lowest BCUT2D eigenvalue weighted by atomic mass is 9.76. The molecule has 0 radical (unpaired) electrons. The van der Waals surface area contributed by atoms with E-state index >= 15 is 0 Å². The molecule has 1 aliphatic rings. The van der Waals surface area contributed by atoms with Gasteiger partial charge in [-0.1, -0.05) is 25.8 Å². The van der Waals surface area contributed by atoms with Crippen molar-refractivity contribution in [3.8, 4) is 5.75 Å². The van der Waals surface area contributed by atoms with Crippen molar-refractivity contribution in [3.63, 3.8) is 0 Å². The number of halogens is 2. The van der Waals surface area contributed by atoms with E-state index in [1.165, 1.54) is 32.8 Å². The highest BCUT2D eigenvalue weighted by atomic mass is 35.5. The number of hydrogen-bond acceptors (Lipinski definition) is 1. The summed E-state index contributed by atoms with van der Waals surface area (Å²) >= 11 is 6.48. The Morgan fingerprint density at radius 2 is 2.15 bits per heavy atom. The molecule has 0 aliphatic heterocycles. The number of ether oxygens (including phenoxy) is 1. The Bertz CT molecular complexity index is 435. The van der Waals surface area contributed by atoms with Crippen LogP contribution < -0.4 is 4.74 Å². The Hall–Kier alpha value is -0.760. The lowest BCUT2D eigenvalue weighted by molar-refractivity contribution is 0.257. The van der Waals surface area contributed by atoms with Crippen LogP contribution in [0.1, 0.15) is 44.6 Å². The molecule has 0 aromatic heterocycles. The predicted molar refractivity (Wildman–Crippen MR) is 82.0 cm³/mol. The molecule has 0 spiro atoms. The summed E-state index contributed by atoms with van der Waals surface area (Å²) < 4.78 is 18.7. The molecule has 1 saturated carbocycles. The van der Waals surface area contributed by atoms with Gasteiger partial charge >= 0.3 is 0 Å². The normalized spacial score (nSPS) is 26.5. The summed E-state index contributed by atoms with van der Waals surface area (Å²) in [6.07, 6.45) is 6.91. The minimum Gasteiger partial charge on any atom is -0.494 e. The molecule has 3 heteroatoms. The Balaban J connectivity index is 2.02. The third kappa shape index (κ3) is 3.88. The zero-order chi connectivity index (χ0) is 14.5. The number of methoxy groups -OCH3 is 1. The van der Waals surface area contributed by atoms with Gasteiger partial charge in [0.2, 0.25) is 0 Å². The largest absolute Gasteiger partial charge is 0.494 e. The second-order valence-electron chi connectivity index (χ2n) is 5.92. The van der Waals surface area contributed by atoms with Gasteiger partial charge < -0.3 is 4.74 Å². The van der Waals surface area contributed by atoms with Crippen molar-refractivity contribution >= 4 is 11.6 Å². The molecule has 0 bridgehead atoms. The van der Waals surface area contributed by atoms with E-state index in [2.05, 4.69) is 6.92 Å². The minimum absolute atomic E-state index is 0.230. The fourth-order valence-electron chi connectivity index (χ4n) is 3.35. The van der Waals surface area contributed by atoms with E-state index < -0.39 is 0 Å². The molecule has 0 amide bonds. The zero-order valence-electron chi connectivity index (χ0n) is 12.4. The molecular weight excluding hydrogens is 275 g/mol. The first-order valence-corrected chi connectivity index (χ1v) is 8.04. The van der Waals surface area contributed by atoms with E-state index in [0.717, 1.165) is 24.3 Å². The highest BCUT2D eigenvalue weighted by Gasteiger charge is 2.28. The van der Waals surface area contributed by atoms with Gasteiger partial charge in [0, 0.05) is 5.38 Å². The molecule has 20 heavy (non-hydrogen) atoms. The van der Waals surface area contributed by atoms with E-state index in [4.69, 9.17) is 16.3 Å². The molecule has 112 valence electrons. The summed E-state index contributed by atoms with van der Waals surface area (Å²) in [7, 11) is 1.49. The maximum atomic E-state index is 13.7. The van der Waals surface area contributed by atoms with Crippen molar-refractivity contribution in [2.75, 3.05) is 7.11 Å². The quantitative estimate of drug-likeness (QED) is 0.679. The van der Waals surface area contributed by atoms with Crippen LogP contribution in [0.15, 0.2) is 18.2 Å². The fraction of sp³-hybridized carbons (Fsp3) is 0.647. The smallest absolute Gasteiger partial charge is 0.165 e. The van der Waals surface area contributed by atoms with Crippen LogP contribution in [0.2, 0.25) is 0 Å². The van der Waals surface area contributed by atoms with Gasteiger partial charge in [0.25, 0.3) is 0 Å². The van der Waals surface area contributed by atoms with E-state index in [9.17, 15) is 4.39 Å². The summed E-state index contributed by atoms with van der Waals surface area (Å²) in [5, 5.41) is 0.230. The Kier molecular flexibility index (Phi) is 5.71. The average Bonchev–Trinajstić information content (AvgIpc) is 2.43. The van der Waals surface area contributed by atoms with Crippen LogP contribution in [-0.2, 0) is 6.42 Å². The van der Waals surface area contributed by atoms with Crippen LogP contribution >= 0.6 is 11.6 Å². The summed E-state index contributed by atoms with van der Waals surface area (Å²) in [5.41, 5.74) is 1.02. The molecule has 1 fully saturated rings. The van der Waals surface area contributed by atoms with Gasteiger partial charge in [-0.15, -0.1) is 11.6 Å². The van der Waals surface area contributed by atoms with Gasteiger partial charge in [0.05, 0.1) is 7.11 Å². The highest BCUT2D eigenvalue weighted by Crippen LogP contribution is 2.37. The Morgan fingerprint density at radius 3 is 2.80 bits per heavy atom. The zero-order valence-corrected chi connectivity index (χ0v) is 13.1. The fourth-order valence-corrected chi connectivity index (χ4v) is 3.66. The second-order valence-corrected chi connectivity index (χ2v) is 6.48. The van der Waals surface area contributed by atoms with Crippen molar-refractivity contribution in [2.45, 2.75) is 50.8 Å². The van der Waals surface area contributed by atoms with E-state index in [1.54, 1.807) is 12.1 Å². The first kappa shape index (κ1) is 15.6. The van der Waals surface area contributed by atoms with Crippen LogP contribution in [0, 0.1) is 17.7 Å². The van der Waals surface area contributed by atoms with Crippen LogP contribution in [-0.4, -0.2) is 12.5 Å². The van der Waals surface area contributed by atoms with E-state index in [0.29, 0.717) is 11.7 Å². The van der Waals surface area contributed by atoms with Crippen molar-refractivity contribution in [1.29, 1.82) is 0 Å². The van der Waals surface area contributed by atoms with Gasteiger partial charge in [0.1, 0.15) is 0 Å². The van der Waals surface area contributed by atoms with Crippen LogP contribution in [0.5, 0.6) is 5.75 Å². The molecule has 1 aromatic carbocycles. The monoisotopic (exact) mass is 298 g/mol. The van der Waals surface area contributed by atoms with Crippen molar-refractivity contribution in [3.05, 3.63) is 29.6 Å². The maximum Gasteiger partial charge on any atom is 0.165 e. The molecule has 2 rings (SSSR count). The van der Waals surface area contributed by atoms with Crippen molar-refractivity contribution in [2.24, 2.45) is 11.8 Å². The lowest BCUT2D eigenvalue weighted by Crippen LogP contribution is -2.27. The molecule has 1 aliphatic carbocycles.